The minimum atomic E-state index is -0.671. The highest BCUT2D eigenvalue weighted by atomic mass is 32.2. The van der Waals surface area contributed by atoms with Crippen molar-refractivity contribution in [1.82, 2.24) is 34.1 Å². The molecule has 6 aromatic rings. The lowest BCUT2D eigenvalue weighted by atomic mass is 10.0. The van der Waals surface area contributed by atoms with Gasteiger partial charge in [-0.05, 0) is 55.1 Å². The van der Waals surface area contributed by atoms with Gasteiger partial charge in [-0.15, -0.1) is 11.8 Å². The maximum atomic E-state index is 14.3. The van der Waals surface area contributed by atoms with Crippen molar-refractivity contribution < 1.29 is 8.78 Å². The summed E-state index contributed by atoms with van der Waals surface area (Å²) in [5.74, 6) is -0.897. The lowest BCUT2D eigenvalue weighted by Crippen LogP contribution is -2.23. The molecule has 0 unspecified atom stereocenters. The summed E-state index contributed by atoms with van der Waals surface area (Å²) in [6.07, 6.45) is 6.02. The molecule has 1 atom stereocenters. The average molecular weight is 543 g/mol. The Morgan fingerprint density at radius 2 is 1.85 bits per heavy atom. The number of aromatic nitrogens is 7. The number of fused-ring (bicyclic) bond motifs is 2. The molecule has 0 radical (unpaired) electrons. The molecule has 12 heteroatoms. The van der Waals surface area contributed by atoms with Crippen molar-refractivity contribution in [3.8, 4) is 22.4 Å². The van der Waals surface area contributed by atoms with Gasteiger partial charge in [0.1, 0.15) is 35.1 Å². The first-order valence-corrected chi connectivity index (χ1v) is 13.0. The van der Waals surface area contributed by atoms with Crippen LogP contribution in [0.4, 0.5) is 14.6 Å². The van der Waals surface area contributed by atoms with E-state index < -0.39 is 23.2 Å². The van der Waals surface area contributed by atoms with Gasteiger partial charge in [0.2, 0.25) is 0 Å². The molecule has 6 rings (SSSR count). The Morgan fingerprint density at radius 1 is 1.00 bits per heavy atom. The van der Waals surface area contributed by atoms with Gasteiger partial charge in [0, 0.05) is 18.0 Å². The van der Waals surface area contributed by atoms with Gasteiger partial charge in [0.15, 0.2) is 5.65 Å². The fourth-order valence-electron chi connectivity index (χ4n) is 4.57. The van der Waals surface area contributed by atoms with E-state index in [1.165, 1.54) is 48.4 Å². The second-order valence-corrected chi connectivity index (χ2v) is 9.61. The number of thioether (sulfide) groups is 1. The number of nitrogens with two attached hydrogens (primary N) is 1. The van der Waals surface area contributed by atoms with E-state index in [1.807, 2.05) is 18.4 Å². The van der Waals surface area contributed by atoms with Gasteiger partial charge in [-0.3, -0.25) is 9.20 Å². The molecule has 0 aliphatic carbocycles. The Kier molecular flexibility index (Phi) is 6.03. The Labute approximate surface area is 224 Å². The minimum Gasteiger partial charge on any atom is -0.383 e. The van der Waals surface area contributed by atoms with E-state index in [0.29, 0.717) is 33.5 Å². The molecule has 0 aliphatic heterocycles. The van der Waals surface area contributed by atoms with E-state index in [4.69, 9.17) is 15.8 Å². The van der Waals surface area contributed by atoms with Crippen LogP contribution < -0.4 is 11.3 Å². The van der Waals surface area contributed by atoms with E-state index in [9.17, 15) is 13.6 Å². The molecule has 5 aromatic heterocycles. The summed E-state index contributed by atoms with van der Waals surface area (Å²) in [5, 5.41) is 6.20. The molecule has 0 saturated heterocycles. The number of nitrogens with zero attached hydrogens (tertiary/aromatic N) is 7. The third kappa shape index (κ3) is 4.18. The fraction of sp³-hybridized carbons (Fsp3) is 0.111. The highest BCUT2D eigenvalue weighted by molar-refractivity contribution is 7.98. The van der Waals surface area contributed by atoms with E-state index in [2.05, 4.69) is 15.0 Å². The first kappa shape index (κ1) is 24.6. The molecule has 0 aliphatic rings. The molecule has 194 valence electrons. The molecule has 0 fully saturated rings. The zero-order valence-corrected chi connectivity index (χ0v) is 21.5. The molecule has 0 spiro atoms. The fourth-order valence-corrected chi connectivity index (χ4v) is 4.93. The molecular formula is C27H20F2N8OS. The van der Waals surface area contributed by atoms with Crippen LogP contribution in [0.3, 0.4) is 0 Å². The smallest absolute Gasteiger partial charge is 0.266 e. The monoisotopic (exact) mass is 542 g/mol. The predicted molar refractivity (Wildman–Crippen MR) is 145 cm³/mol. The molecule has 9 nitrogen and oxygen atoms in total. The summed E-state index contributed by atoms with van der Waals surface area (Å²) in [5.41, 5.74) is 8.32. The number of pyridine rings is 2. The van der Waals surface area contributed by atoms with Crippen molar-refractivity contribution in [1.29, 1.82) is 0 Å². The average Bonchev–Trinajstić information content (AvgIpc) is 3.34. The van der Waals surface area contributed by atoms with Gasteiger partial charge in [0.05, 0.1) is 27.7 Å². The number of hydrogen-bond acceptors (Lipinski definition) is 8. The van der Waals surface area contributed by atoms with Crippen LogP contribution in [0.25, 0.3) is 39.1 Å². The number of rotatable bonds is 5. The van der Waals surface area contributed by atoms with Gasteiger partial charge >= 0.3 is 0 Å². The van der Waals surface area contributed by atoms with Gasteiger partial charge in [-0.25, -0.2) is 33.4 Å². The van der Waals surface area contributed by atoms with Crippen molar-refractivity contribution in [3.63, 3.8) is 0 Å². The Balaban J connectivity index is 1.63. The summed E-state index contributed by atoms with van der Waals surface area (Å²) in [7, 11) is 0. The second kappa shape index (κ2) is 9.55. The molecule has 0 amide bonds. The maximum absolute atomic E-state index is 14.3. The van der Waals surface area contributed by atoms with Gasteiger partial charge < -0.3 is 5.73 Å². The number of halogens is 2. The van der Waals surface area contributed by atoms with Crippen LogP contribution in [0.5, 0.6) is 0 Å². The van der Waals surface area contributed by atoms with E-state index in [1.54, 1.807) is 23.9 Å². The largest absolute Gasteiger partial charge is 0.383 e. The van der Waals surface area contributed by atoms with Gasteiger partial charge in [-0.2, -0.15) is 5.10 Å². The normalized spacial score (nSPS) is 12.3. The van der Waals surface area contributed by atoms with Crippen LogP contribution >= 0.6 is 11.8 Å². The zero-order valence-electron chi connectivity index (χ0n) is 20.7. The third-order valence-electron chi connectivity index (χ3n) is 6.43. The lowest BCUT2D eigenvalue weighted by Gasteiger charge is -2.18. The second-order valence-electron chi connectivity index (χ2n) is 8.78. The molecule has 2 N–H and O–H groups in total. The number of nitrogen functional groups attached to an aromatic ring is 1. The number of hydrogen-bond donors (Lipinski definition) is 1. The van der Waals surface area contributed by atoms with Crippen LogP contribution in [0.1, 0.15) is 18.7 Å². The topological polar surface area (TPSA) is 117 Å². The lowest BCUT2D eigenvalue weighted by molar-refractivity contribution is 0.566. The van der Waals surface area contributed by atoms with Crippen molar-refractivity contribution >= 4 is 34.3 Å². The summed E-state index contributed by atoms with van der Waals surface area (Å²) < 4.78 is 31.1. The van der Waals surface area contributed by atoms with Gasteiger partial charge in [0.25, 0.3) is 5.56 Å². The van der Waals surface area contributed by atoms with Crippen LogP contribution in [0.15, 0.2) is 77.1 Å². The van der Waals surface area contributed by atoms with Crippen LogP contribution in [0, 0.1) is 11.6 Å². The summed E-state index contributed by atoms with van der Waals surface area (Å²) in [6.45, 7) is 1.80. The molecule has 39 heavy (non-hydrogen) atoms. The Bertz CT molecular complexity index is 1940. The first-order valence-electron chi connectivity index (χ1n) is 11.8. The van der Waals surface area contributed by atoms with Crippen LogP contribution in [-0.2, 0) is 0 Å². The molecule has 0 bridgehead atoms. The zero-order chi connectivity index (χ0) is 27.3. The highest BCUT2D eigenvalue weighted by Crippen LogP contribution is 2.35. The number of anilines is 1. The molecule has 1 aromatic carbocycles. The first-order chi connectivity index (χ1) is 18.9. The third-order valence-corrected chi connectivity index (χ3v) is 7.09. The Morgan fingerprint density at radius 3 is 2.59 bits per heavy atom. The SMILES string of the molecule is CSc1ccc(-c2nn([C@@H](C)c3nc4ccc(F)cn4c(=O)c3-c3cccc(F)c3)c3ncnc(N)c23)cn1. The molecule has 5 heterocycles. The quantitative estimate of drug-likeness (QED) is 0.310. The Hall–Kier alpha value is -4.71. The van der Waals surface area contributed by atoms with Crippen LogP contribution in [-0.4, -0.2) is 40.4 Å². The molecule has 0 saturated carbocycles. The maximum Gasteiger partial charge on any atom is 0.266 e. The van der Waals surface area contributed by atoms with Crippen molar-refractivity contribution in [2.45, 2.75) is 18.0 Å². The van der Waals surface area contributed by atoms with Crippen molar-refractivity contribution in [3.05, 3.63) is 94.9 Å². The van der Waals surface area contributed by atoms with Gasteiger partial charge in [-0.1, -0.05) is 12.1 Å². The van der Waals surface area contributed by atoms with Crippen molar-refractivity contribution in [2.75, 3.05) is 12.0 Å². The number of benzene rings is 1. The van der Waals surface area contributed by atoms with E-state index >= 15 is 0 Å². The van der Waals surface area contributed by atoms with E-state index in [0.717, 1.165) is 15.6 Å². The summed E-state index contributed by atoms with van der Waals surface area (Å²) >= 11 is 1.51. The molecular weight excluding hydrogens is 522 g/mol. The van der Waals surface area contributed by atoms with Crippen LogP contribution in [0.2, 0.25) is 0 Å². The predicted octanol–water partition coefficient (Wildman–Crippen LogP) is 4.75. The summed E-state index contributed by atoms with van der Waals surface area (Å²) in [6, 6.07) is 11.3. The van der Waals surface area contributed by atoms with E-state index in [-0.39, 0.29) is 17.0 Å². The standard InChI is InChI=1S/C27H20F2N8OS/c1-14(37-26-22(25(30)32-13-33-26)24(35-37)16-6-9-20(39-2)31-11-16)23-21(15-4-3-5-17(28)10-15)27(38)36-12-18(29)7-8-19(36)34-23/h3-14H,1-2H3,(H2,30,32,33)/t14-/m0/s1. The van der Waals surface area contributed by atoms with Crippen molar-refractivity contribution in [2.24, 2.45) is 0 Å². The summed E-state index contributed by atoms with van der Waals surface area (Å²) in [4.78, 5) is 31.5. The highest BCUT2D eigenvalue weighted by Gasteiger charge is 2.26. The minimum absolute atomic E-state index is 0.114.